The van der Waals surface area contributed by atoms with E-state index in [4.69, 9.17) is 11.6 Å². The fourth-order valence-electron chi connectivity index (χ4n) is 2.30. The van der Waals surface area contributed by atoms with Crippen molar-refractivity contribution in [1.29, 1.82) is 0 Å². The van der Waals surface area contributed by atoms with Gasteiger partial charge in [0.05, 0.1) is 0 Å². The molecule has 126 valence electrons. The van der Waals surface area contributed by atoms with Crippen LogP contribution in [0.3, 0.4) is 0 Å². The smallest absolute Gasteiger partial charge is 0.244 e. The Morgan fingerprint density at radius 1 is 1.08 bits per heavy atom. The van der Waals surface area contributed by atoms with Crippen molar-refractivity contribution in [1.82, 2.24) is 4.90 Å². The van der Waals surface area contributed by atoms with Gasteiger partial charge in [-0.1, -0.05) is 35.9 Å². The highest BCUT2D eigenvalue weighted by Crippen LogP contribution is 2.18. The highest BCUT2D eigenvalue weighted by atomic mass is 35.5. The van der Waals surface area contributed by atoms with Gasteiger partial charge in [0.1, 0.15) is 6.54 Å². The van der Waals surface area contributed by atoms with Gasteiger partial charge >= 0.3 is 0 Å². The maximum atomic E-state index is 12.3. The Balaban J connectivity index is 2.04. The molecule has 1 N–H and O–H groups in total. The number of carbonyl (C=O) groups excluding carboxylic acids is 2. The summed E-state index contributed by atoms with van der Waals surface area (Å²) >= 11 is 6.13. The molecule has 0 aliphatic carbocycles. The number of aryl methyl sites for hydroxylation is 2. The lowest BCUT2D eigenvalue weighted by atomic mass is 10.1. The molecule has 4 nitrogen and oxygen atoms in total. The molecule has 5 heteroatoms. The second-order valence-electron chi connectivity index (χ2n) is 5.81. The van der Waals surface area contributed by atoms with E-state index in [-0.39, 0.29) is 18.4 Å². The quantitative estimate of drug-likeness (QED) is 0.893. The number of nitrogens with zero attached hydrogens (tertiary/aromatic N) is 1. The summed E-state index contributed by atoms with van der Waals surface area (Å²) in [7, 11) is 0. The van der Waals surface area contributed by atoms with Crippen LogP contribution in [0.15, 0.2) is 42.5 Å². The van der Waals surface area contributed by atoms with Crippen molar-refractivity contribution < 1.29 is 9.59 Å². The van der Waals surface area contributed by atoms with Crippen LogP contribution in [0.4, 0.5) is 5.69 Å². The summed E-state index contributed by atoms with van der Waals surface area (Å²) in [4.78, 5) is 25.6. The van der Waals surface area contributed by atoms with E-state index in [2.05, 4.69) is 5.32 Å². The van der Waals surface area contributed by atoms with Gasteiger partial charge < -0.3 is 10.2 Å². The van der Waals surface area contributed by atoms with Crippen LogP contribution in [0.2, 0.25) is 5.02 Å². The number of nitrogens with one attached hydrogen (secondary N) is 1. The van der Waals surface area contributed by atoms with Crippen molar-refractivity contribution in [2.75, 3.05) is 11.9 Å². The van der Waals surface area contributed by atoms with E-state index in [1.54, 1.807) is 6.07 Å². The van der Waals surface area contributed by atoms with E-state index < -0.39 is 0 Å². The van der Waals surface area contributed by atoms with Crippen LogP contribution in [-0.2, 0) is 16.1 Å². The fraction of sp³-hybridized carbons (Fsp3) is 0.263. The van der Waals surface area contributed by atoms with Crippen molar-refractivity contribution in [3.63, 3.8) is 0 Å². The first-order valence-electron chi connectivity index (χ1n) is 7.73. The molecule has 0 saturated carbocycles. The molecule has 0 aliphatic heterocycles. The molecule has 24 heavy (non-hydrogen) atoms. The number of carbonyl (C=O) groups is 2. The van der Waals surface area contributed by atoms with Gasteiger partial charge in [0.15, 0.2) is 0 Å². The minimum absolute atomic E-state index is 0.0204. The molecule has 0 spiro atoms. The number of hydrogen-bond donors (Lipinski definition) is 1. The number of amides is 2. The Bertz CT molecular complexity index is 759. The van der Waals surface area contributed by atoms with Gasteiger partial charge in [-0.3, -0.25) is 9.59 Å². The summed E-state index contributed by atoms with van der Waals surface area (Å²) in [5, 5.41) is 3.41. The number of rotatable bonds is 5. The molecular weight excluding hydrogens is 324 g/mol. The third-order valence-corrected chi connectivity index (χ3v) is 4.26. The minimum Gasteiger partial charge on any atom is -0.329 e. The first kappa shape index (κ1) is 18.0. The van der Waals surface area contributed by atoms with Gasteiger partial charge in [0, 0.05) is 24.2 Å². The van der Waals surface area contributed by atoms with Gasteiger partial charge in [0.25, 0.3) is 0 Å². The Kier molecular flexibility index (Phi) is 5.99. The molecule has 0 atom stereocenters. The van der Waals surface area contributed by atoms with Crippen LogP contribution >= 0.6 is 11.6 Å². The van der Waals surface area contributed by atoms with E-state index in [1.807, 2.05) is 50.2 Å². The highest BCUT2D eigenvalue weighted by molar-refractivity contribution is 6.31. The second kappa shape index (κ2) is 7.97. The van der Waals surface area contributed by atoms with Crippen molar-refractivity contribution in [3.8, 4) is 0 Å². The molecule has 0 radical (unpaired) electrons. The number of hydrogen-bond acceptors (Lipinski definition) is 2. The van der Waals surface area contributed by atoms with E-state index in [9.17, 15) is 9.59 Å². The highest BCUT2D eigenvalue weighted by Gasteiger charge is 2.15. The Morgan fingerprint density at radius 3 is 2.42 bits per heavy atom. The molecule has 0 saturated heterocycles. The summed E-state index contributed by atoms with van der Waals surface area (Å²) in [6, 6.07) is 13.0. The zero-order valence-electron chi connectivity index (χ0n) is 14.1. The third kappa shape index (κ3) is 4.83. The largest absolute Gasteiger partial charge is 0.329 e. The molecule has 2 aromatic carbocycles. The van der Waals surface area contributed by atoms with E-state index in [0.717, 1.165) is 22.4 Å². The number of halogens is 1. The molecule has 2 amide bonds. The van der Waals surface area contributed by atoms with Crippen LogP contribution < -0.4 is 5.32 Å². The van der Waals surface area contributed by atoms with Crippen molar-refractivity contribution in [2.45, 2.75) is 27.3 Å². The average molecular weight is 345 g/mol. The molecule has 2 rings (SSSR count). The summed E-state index contributed by atoms with van der Waals surface area (Å²) < 4.78 is 0. The Morgan fingerprint density at radius 2 is 1.79 bits per heavy atom. The van der Waals surface area contributed by atoms with Crippen molar-refractivity contribution in [3.05, 3.63) is 64.2 Å². The SMILES string of the molecule is CC(=O)N(CC(=O)Nc1ccc(C)c(C)c1)Cc1ccccc1Cl. The summed E-state index contributed by atoms with van der Waals surface area (Å²) in [6.45, 7) is 5.73. The zero-order chi connectivity index (χ0) is 17.7. The molecule has 0 heterocycles. The maximum absolute atomic E-state index is 12.3. The lowest BCUT2D eigenvalue weighted by molar-refractivity contribution is -0.133. The molecule has 0 unspecified atom stereocenters. The molecule has 0 bridgehead atoms. The first-order chi connectivity index (χ1) is 11.4. The van der Waals surface area contributed by atoms with Gasteiger partial charge in [-0.25, -0.2) is 0 Å². The molecule has 0 fully saturated rings. The van der Waals surface area contributed by atoms with Crippen LogP contribution in [0.1, 0.15) is 23.6 Å². The van der Waals surface area contributed by atoms with Gasteiger partial charge in [0.2, 0.25) is 11.8 Å². The van der Waals surface area contributed by atoms with Crippen molar-refractivity contribution >= 4 is 29.1 Å². The summed E-state index contributed by atoms with van der Waals surface area (Å²) in [5.74, 6) is -0.411. The van der Waals surface area contributed by atoms with Crippen LogP contribution in [0.25, 0.3) is 0 Å². The molecule has 0 aliphatic rings. The molecule has 2 aromatic rings. The lowest BCUT2D eigenvalue weighted by Gasteiger charge is -2.21. The Hall–Kier alpha value is -2.33. The number of benzene rings is 2. The predicted octanol–water partition coefficient (Wildman–Crippen LogP) is 3.94. The van der Waals surface area contributed by atoms with E-state index in [1.165, 1.54) is 11.8 Å². The maximum Gasteiger partial charge on any atom is 0.244 e. The summed E-state index contributed by atoms with van der Waals surface area (Å²) in [5.41, 5.74) is 3.81. The van der Waals surface area contributed by atoms with Crippen molar-refractivity contribution in [2.24, 2.45) is 0 Å². The third-order valence-electron chi connectivity index (χ3n) is 3.89. The lowest BCUT2D eigenvalue weighted by Crippen LogP contribution is -2.36. The van der Waals surface area contributed by atoms with Gasteiger partial charge in [-0.2, -0.15) is 0 Å². The number of anilines is 1. The second-order valence-corrected chi connectivity index (χ2v) is 6.22. The fourth-order valence-corrected chi connectivity index (χ4v) is 2.50. The van der Waals surface area contributed by atoms with Crippen LogP contribution in [-0.4, -0.2) is 23.3 Å². The molecular formula is C19H21ClN2O2. The topological polar surface area (TPSA) is 49.4 Å². The molecule has 0 aromatic heterocycles. The minimum atomic E-state index is -0.236. The monoisotopic (exact) mass is 344 g/mol. The van der Waals surface area contributed by atoms with E-state index >= 15 is 0 Å². The first-order valence-corrected chi connectivity index (χ1v) is 8.10. The standard InChI is InChI=1S/C19H21ClN2O2/c1-13-8-9-17(10-14(13)2)21-19(24)12-22(15(3)23)11-16-6-4-5-7-18(16)20/h4-10H,11-12H2,1-3H3,(H,21,24). The summed E-state index contributed by atoms with van der Waals surface area (Å²) in [6.07, 6.45) is 0. The van der Waals surface area contributed by atoms with Gasteiger partial charge in [-0.15, -0.1) is 0 Å². The van der Waals surface area contributed by atoms with Gasteiger partial charge in [-0.05, 0) is 48.7 Å². The van der Waals surface area contributed by atoms with Crippen LogP contribution in [0.5, 0.6) is 0 Å². The predicted molar refractivity (Wildman–Crippen MR) is 97.1 cm³/mol. The Labute approximate surface area is 147 Å². The van der Waals surface area contributed by atoms with Crippen LogP contribution in [0, 0.1) is 13.8 Å². The zero-order valence-corrected chi connectivity index (χ0v) is 14.9. The van der Waals surface area contributed by atoms with E-state index in [0.29, 0.717) is 11.6 Å². The normalized spacial score (nSPS) is 10.3. The average Bonchev–Trinajstić information content (AvgIpc) is 2.52.